The van der Waals surface area contributed by atoms with Gasteiger partial charge in [0, 0.05) is 11.8 Å². The molecular formula is C13H20N2O. The fourth-order valence-corrected chi connectivity index (χ4v) is 2.63. The highest BCUT2D eigenvalue weighted by molar-refractivity contribution is 5.34. The summed E-state index contributed by atoms with van der Waals surface area (Å²) in [7, 11) is 1.66. The molecule has 0 saturated heterocycles. The molecule has 3 heteroatoms. The van der Waals surface area contributed by atoms with Crippen LogP contribution in [0.1, 0.15) is 36.8 Å². The molecular weight excluding hydrogens is 200 g/mol. The minimum absolute atomic E-state index is 0.304. The van der Waals surface area contributed by atoms with Crippen LogP contribution in [0.25, 0.3) is 0 Å². The topological polar surface area (TPSA) is 48.1 Å². The number of aromatic nitrogens is 1. The molecule has 0 amide bonds. The van der Waals surface area contributed by atoms with Crippen LogP contribution in [0.15, 0.2) is 12.3 Å². The van der Waals surface area contributed by atoms with Crippen molar-refractivity contribution in [3.8, 4) is 5.88 Å². The highest BCUT2D eigenvalue weighted by Gasteiger charge is 2.38. The number of aryl methyl sites for hydroxylation is 1. The third-order valence-corrected chi connectivity index (χ3v) is 3.77. The number of methoxy groups -OCH3 is 1. The lowest BCUT2D eigenvalue weighted by Crippen LogP contribution is -2.36. The molecule has 1 saturated carbocycles. The van der Waals surface area contributed by atoms with Gasteiger partial charge in [0.2, 0.25) is 5.88 Å². The second-order valence-corrected chi connectivity index (χ2v) is 4.72. The van der Waals surface area contributed by atoms with Gasteiger partial charge in [-0.05, 0) is 49.8 Å². The first-order chi connectivity index (χ1) is 7.72. The quantitative estimate of drug-likeness (QED) is 0.846. The van der Waals surface area contributed by atoms with E-state index in [1.165, 1.54) is 24.8 Å². The van der Waals surface area contributed by atoms with E-state index in [4.69, 9.17) is 10.5 Å². The van der Waals surface area contributed by atoms with Gasteiger partial charge in [0.15, 0.2) is 0 Å². The van der Waals surface area contributed by atoms with Crippen molar-refractivity contribution in [2.24, 2.45) is 5.73 Å². The van der Waals surface area contributed by atoms with E-state index in [1.807, 2.05) is 13.1 Å². The predicted molar refractivity (Wildman–Crippen MR) is 64.7 cm³/mol. The molecule has 2 N–H and O–H groups in total. The van der Waals surface area contributed by atoms with Crippen LogP contribution >= 0.6 is 0 Å². The van der Waals surface area contributed by atoms with Gasteiger partial charge in [-0.3, -0.25) is 0 Å². The largest absolute Gasteiger partial charge is 0.481 e. The molecule has 0 bridgehead atoms. The summed E-state index contributed by atoms with van der Waals surface area (Å²) in [5.74, 6) is 0.728. The molecule has 0 radical (unpaired) electrons. The van der Waals surface area contributed by atoms with E-state index in [0.717, 1.165) is 24.4 Å². The van der Waals surface area contributed by atoms with Crippen LogP contribution in [0.3, 0.4) is 0 Å². The van der Waals surface area contributed by atoms with Gasteiger partial charge in [0.05, 0.1) is 7.11 Å². The zero-order valence-corrected chi connectivity index (χ0v) is 10.1. The number of pyridine rings is 1. The molecule has 88 valence electrons. The molecule has 0 spiro atoms. The van der Waals surface area contributed by atoms with E-state index in [0.29, 0.717) is 5.41 Å². The number of rotatable bonds is 4. The van der Waals surface area contributed by atoms with E-state index in [-0.39, 0.29) is 0 Å². The Balaban J connectivity index is 2.29. The Kier molecular flexibility index (Phi) is 3.15. The molecule has 0 aromatic carbocycles. The maximum Gasteiger partial charge on any atom is 0.215 e. The Morgan fingerprint density at radius 2 is 2.25 bits per heavy atom. The molecule has 1 aromatic heterocycles. The number of nitrogens with two attached hydrogens (primary N) is 1. The van der Waals surface area contributed by atoms with Gasteiger partial charge in [-0.1, -0.05) is 6.42 Å². The van der Waals surface area contributed by atoms with Crippen molar-refractivity contribution in [1.82, 2.24) is 4.98 Å². The first-order valence-electron chi connectivity index (χ1n) is 5.93. The van der Waals surface area contributed by atoms with E-state index in [1.54, 1.807) is 7.11 Å². The lowest BCUT2D eigenvalue weighted by molar-refractivity contribution is 0.228. The monoisotopic (exact) mass is 220 g/mol. The van der Waals surface area contributed by atoms with E-state index in [9.17, 15) is 0 Å². The summed E-state index contributed by atoms with van der Waals surface area (Å²) >= 11 is 0. The third-order valence-electron chi connectivity index (χ3n) is 3.77. The Hall–Kier alpha value is -1.09. The summed E-state index contributed by atoms with van der Waals surface area (Å²) in [6, 6.07) is 2.21. The summed E-state index contributed by atoms with van der Waals surface area (Å²) in [5, 5.41) is 0. The van der Waals surface area contributed by atoms with Crippen LogP contribution in [0.4, 0.5) is 0 Å². The van der Waals surface area contributed by atoms with E-state index in [2.05, 4.69) is 11.1 Å². The first kappa shape index (κ1) is 11.4. The van der Waals surface area contributed by atoms with Crippen molar-refractivity contribution in [3.63, 3.8) is 0 Å². The summed E-state index contributed by atoms with van der Waals surface area (Å²) in [5.41, 5.74) is 8.46. The molecule has 1 aliphatic rings. The maximum absolute atomic E-state index is 5.71. The normalized spacial score (nSPS) is 17.9. The van der Waals surface area contributed by atoms with Crippen LogP contribution in [-0.4, -0.2) is 18.6 Å². The second-order valence-electron chi connectivity index (χ2n) is 4.72. The molecule has 1 aliphatic carbocycles. The zero-order valence-electron chi connectivity index (χ0n) is 10.1. The lowest BCUT2D eigenvalue weighted by atomic mass is 9.63. The van der Waals surface area contributed by atoms with Crippen LogP contribution < -0.4 is 10.5 Å². The summed E-state index contributed by atoms with van der Waals surface area (Å²) in [4.78, 5) is 4.36. The van der Waals surface area contributed by atoms with Gasteiger partial charge in [0.25, 0.3) is 0 Å². The van der Waals surface area contributed by atoms with Crippen molar-refractivity contribution < 1.29 is 4.74 Å². The Labute approximate surface area is 97.0 Å². The van der Waals surface area contributed by atoms with Crippen LogP contribution in [-0.2, 0) is 5.41 Å². The third kappa shape index (κ3) is 1.80. The molecule has 0 atom stereocenters. The standard InChI is InChI=1S/C13H20N2O/c1-10-8-11(9-15-12(10)16-2)13(6-7-14)4-3-5-13/h8-9H,3-7,14H2,1-2H3. The molecule has 3 nitrogen and oxygen atoms in total. The van der Waals surface area contributed by atoms with Crippen molar-refractivity contribution in [3.05, 3.63) is 23.4 Å². The smallest absolute Gasteiger partial charge is 0.215 e. The number of hydrogen-bond acceptors (Lipinski definition) is 3. The fourth-order valence-electron chi connectivity index (χ4n) is 2.63. The van der Waals surface area contributed by atoms with Gasteiger partial charge < -0.3 is 10.5 Å². The molecule has 1 heterocycles. The summed E-state index contributed by atoms with van der Waals surface area (Å²) < 4.78 is 5.19. The van der Waals surface area contributed by atoms with Crippen LogP contribution in [0.5, 0.6) is 5.88 Å². The molecule has 1 fully saturated rings. The fraction of sp³-hybridized carbons (Fsp3) is 0.615. The van der Waals surface area contributed by atoms with Crippen LogP contribution in [0.2, 0.25) is 0 Å². The average Bonchev–Trinajstić information content (AvgIpc) is 2.23. The zero-order chi connectivity index (χ0) is 11.6. The second kappa shape index (κ2) is 4.42. The first-order valence-corrected chi connectivity index (χ1v) is 5.93. The highest BCUT2D eigenvalue weighted by atomic mass is 16.5. The number of hydrogen-bond donors (Lipinski definition) is 1. The SMILES string of the molecule is COc1ncc(C2(CCN)CCC2)cc1C. The molecule has 1 aromatic rings. The van der Waals surface area contributed by atoms with E-state index < -0.39 is 0 Å². The maximum atomic E-state index is 5.71. The molecule has 16 heavy (non-hydrogen) atoms. The summed E-state index contributed by atoms with van der Waals surface area (Å²) in [6.07, 6.45) is 6.83. The minimum Gasteiger partial charge on any atom is -0.481 e. The Morgan fingerprint density at radius 3 is 2.69 bits per heavy atom. The Bertz CT molecular complexity index is 372. The van der Waals surface area contributed by atoms with E-state index >= 15 is 0 Å². The molecule has 0 unspecified atom stereocenters. The van der Waals surface area contributed by atoms with Crippen molar-refractivity contribution in [2.45, 2.75) is 38.0 Å². The van der Waals surface area contributed by atoms with Crippen molar-refractivity contribution in [1.29, 1.82) is 0 Å². The van der Waals surface area contributed by atoms with Gasteiger partial charge in [0.1, 0.15) is 0 Å². The summed E-state index contributed by atoms with van der Waals surface area (Å²) in [6.45, 7) is 2.80. The number of nitrogens with zero attached hydrogens (tertiary/aromatic N) is 1. The number of ether oxygens (including phenoxy) is 1. The van der Waals surface area contributed by atoms with Crippen molar-refractivity contribution in [2.75, 3.05) is 13.7 Å². The molecule has 2 rings (SSSR count). The lowest BCUT2D eigenvalue weighted by Gasteiger charge is -2.42. The highest BCUT2D eigenvalue weighted by Crippen LogP contribution is 2.46. The van der Waals surface area contributed by atoms with Crippen LogP contribution in [0, 0.1) is 6.92 Å². The Morgan fingerprint density at radius 1 is 1.50 bits per heavy atom. The molecule has 0 aliphatic heterocycles. The average molecular weight is 220 g/mol. The van der Waals surface area contributed by atoms with Crippen molar-refractivity contribution >= 4 is 0 Å². The van der Waals surface area contributed by atoms with Gasteiger partial charge >= 0.3 is 0 Å². The minimum atomic E-state index is 0.304. The van der Waals surface area contributed by atoms with Gasteiger partial charge in [-0.25, -0.2) is 4.98 Å². The van der Waals surface area contributed by atoms with Gasteiger partial charge in [-0.2, -0.15) is 0 Å². The predicted octanol–water partition coefficient (Wildman–Crippen LogP) is 2.17. The van der Waals surface area contributed by atoms with Gasteiger partial charge in [-0.15, -0.1) is 0 Å².